The molecule has 3 aromatic heterocycles. The van der Waals surface area contributed by atoms with E-state index in [1.807, 2.05) is 13.8 Å². The summed E-state index contributed by atoms with van der Waals surface area (Å²) in [6, 6.07) is 9.13. The Kier molecular flexibility index (Phi) is 4.56. The minimum atomic E-state index is -0.362. The van der Waals surface area contributed by atoms with Crippen molar-refractivity contribution in [3.8, 4) is 11.5 Å². The van der Waals surface area contributed by atoms with Crippen LogP contribution in [0.15, 0.2) is 47.1 Å². The van der Waals surface area contributed by atoms with E-state index in [0.29, 0.717) is 28.9 Å². The van der Waals surface area contributed by atoms with Gasteiger partial charge in [0.2, 0.25) is 5.91 Å². The van der Waals surface area contributed by atoms with E-state index in [0.717, 1.165) is 5.56 Å². The number of hydrogen-bond acceptors (Lipinski definition) is 6. The van der Waals surface area contributed by atoms with E-state index in [1.165, 1.54) is 24.3 Å². The lowest BCUT2D eigenvalue weighted by atomic mass is 10.2. The minimum Gasteiger partial charge on any atom is -0.334 e. The summed E-state index contributed by atoms with van der Waals surface area (Å²) in [7, 11) is 0. The van der Waals surface area contributed by atoms with E-state index in [1.54, 1.807) is 22.7 Å². The molecule has 1 amide bonds. The third-order valence-electron chi connectivity index (χ3n) is 4.13. The highest BCUT2D eigenvalue weighted by molar-refractivity contribution is 5.91. The van der Waals surface area contributed by atoms with Gasteiger partial charge in [-0.15, -0.1) is 10.2 Å². The number of halogens is 1. The van der Waals surface area contributed by atoms with Gasteiger partial charge in [-0.1, -0.05) is 19.0 Å². The van der Waals surface area contributed by atoms with E-state index in [-0.39, 0.29) is 24.1 Å². The molecule has 0 unspecified atom stereocenters. The van der Waals surface area contributed by atoms with Gasteiger partial charge < -0.3 is 9.84 Å². The van der Waals surface area contributed by atoms with Gasteiger partial charge in [0.1, 0.15) is 11.6 Å². The maximum atomic E-state index is 13.0. The molecule has 28 heavy (non-hydrogen) atoms. The van der Waals surface area contributed by atoms with E-state index in [4.69, 9.17) is 4.52 Å². The highest BCUT2D eigenvalue weighted by Gasteiger charge is 2.15. The van der Waals surface area contributed by atoms with Crippen LogP contribution in [-0.2, 0) is 11.2 Å². The Morgan fingerprint density at radius 1 is 1.21 bits per heavy atom. The van der Waals surface area contributed by atoms with Crippen LogP contribution in [0.5, 0.6) is 0 Å². The van der Waals surface area contributed by atoms with Crippen molar-refractivity contribution in [1.29, 1.82) is 0 Å². The number of rotatable bonds is 5. The first kappa shape index (κ1) is 17.8. The van der Waals surface area contributed by atoms with Gasteiger partial charge in [0.15, 0.2) is 11.5 Å². The van der Waals surface area contributed by atoms with Crippen molar-refractivity contribution in [1.82, 2.24) is 24.7 Å². The monoisotopic (exact) mass is 380 g/mol. The Labute approximate surface area is 159 Å². The molecule has 0 radical (unpaired) electrons. The van der Waals surface area contributed by atoms with Crippen LogP contribution in [-0.4, -0.2) is 30.6 Å². The fraction of sp³-hybridized carbons (Fsp3) is 0.211. The van der Waals surface area contributed by atoms with Crippen LogP contribution in [0.25, 0.3) is 17.1 Å². The first-order valence-corrected chi connectivity index (χ1v) is 8.72. The minimum absolute atomic E-state index is 0.0238. The van der Waals surface area contributed by atoms with Crippen LogP contribution in [0.4, 0.5) is 10.1 Å². The number of amides is 1. The topological polar surface area (TPSA) is 98.2 Å². The summed E-state index contributed by atoms with van der Waals surface area (Å²) in [5, 5.41) is 14.9. The zero-order valence-corrected chi connectivity index (χ0v) is 15.3. The molecule has 0 spiro atoms. The predicted octanol–water partition coefficient (Wildman–Crippen LogP) is 3.22. The molecule has 4 rings (SSSR count). The fourth-order valence-corrected chi connectivity index (χ4v) is 2.66. The Balaban J connectivity index is 1.52. The number of aromatic nitrogens is 5. The molecule has 9 heteroatoms. The van der Waals surface area contributed by atoms with Crippen LogP contribution >= 0.6 is 0 Å². The summed E-state index contributed by atoms with van der Waals surface area (Å²) in [5.74, 6) is 1.05. The molecule has 4 aromatic rings. The average Bonchev–Trinajstić information content (AvgIpc) is 3.31. The summed E-state index contributed by atoms with van der Waals surface area (Å²) < 4.78 is 20.0. The molecule has 0 aliphatic rings. The van der Waals surface area contributed by atoms with Gasteiger partial charge >= 0.3 is 0 Å². The van der Waals surface area contributed by atoms with Crippen LogP contribution in [0.2, 0.25) is 0 Å². The molecular weight excluding hydrogens is 363 g/mol. The highest BCUT2D eigenvalue weighted by Crippen LogP contribution is 2.21. The highest BCUT2D eigenvalue weighted by atomic mass is 19.1. The molecule has 0 saturated heterocycles. The van der Waals surface area contributed by atoms with E-state index < -0.39 is 0 Å². The Bertz CT molecular complexity index is 1130. The number of hydrogen-bond donors (Lipinski definition) is 1. The molecule has 0 bridgehead atoms. The summed E-state index contributed by atoms with van der Waals surface area (Å²) in [6.07, 6.45) is 1.78. The zero-order valence-electron chi connectivity index (χ0n) is 15.3. The van der Waals surface area contributed by atoms with Crippen LogP contribution in [0, 0.1) is 5.82 Å². The molecule has 0 aliphatic carbocycles. The molecule has 3 heterocycles. The average molecular weight is 380 g/mol. The van der Waals surface area contributed by atoms with Crippen molar-refractivity contribution in [2.75, 3.05) is 5.32 Å². The molecule has 1 aromatic carbocycles. The fourth-order valence-electron chi connectivity index (χ4n) is 2.66. The van der Waals surface area contributed by atoms with Gasteiger partial charge in [-0.3, -0.25) is 9.20 Å². The van der Waals surface area contributed by atoms with Crippen molar-refractivity contribution < 1.29 is 13.7 Å². The Morgan fingerprint density at radius 3 is 2.71 bits per heavy atom. The van der Waals surface area contributed by atoms with E-state index in [9.17, 15) is 9.18 Å². The summed E-state index contributed by atoms with van der Waals surface area (Å²) in [5.41, 5.74) is 1.80. The maximum absolute atomic E-state index is 13.0. The standard InChI is InChI=1S/C19H17FN6O2/c1-11(2)18-22-19(28-25-18)12-7-8-26-15(9-12)23-24-16(26)10-17(27)21-14-5-3-13(20)4-6-14/h3-9,11H,10H2,1-2H3,(H,21,27). The van der Waals surface area contributed by atoms with Gasteiger partial charge in [0.05, 0.1) is 6.42 Å². The Hall–Kier alpha value is -3.62. The molecular formula is C19H17FN6O2. The van der Waals surface area contributed by atoms with Crippen molar-refractivity contribution in [2.45, 2.75) is 26.2 Å². The lowest BCUT2D eigenvalue weighted by Gasteiger charge is -2.04. The van der Waals surface area contributed by atoms with Crippen molar-refractivity contribution in [3.05, 3.63) is 60.1 Å². The second-order valence-electron chi connectivity index (χ2n) is 6.60. The number of nitrogens with zero attached hydrogens (tertiary/aromatic N) is 5. The molecule has 8 nitrogen and oxygen atoms in total. The zero-order chi connectivity index (χ0) is 19.7. The van der Waals surface area contributed by atoms with Crippen molar-refractivity contribution in [2.24, 2.45) is 0 Å². The first-order valence-electron chi connectivity index (χ1n) is 8.72. The van der Waals surface area contributed by atoms with Crippen molar-refractivity contribution in [3.63, 3.8) is 0 Å². The van der Waals surface area contributed by atoms with Crippen molar-refractivity contribution >= 4 is 17.2 Å². The summed E-state index contributed by atoms with van der Waals surface area (Å²) in [6.45, 7) is 3.97. The number of pyridine rings is 1. The van der Waals surface area contributed by atoms with Gasteiger partial charge in [0.25, 0.3) is 5.89 Å². The van der Waals surface area contributed by atoms with Gasteiger partial charge in [-0.25, -0.2) is 4.39 Å². The number of fused-ring (bicyclic) bond motifs is 1. The smallest absolute Gasteiger partial charge is 0.258 e. The maximum Gasteiger partial charge on any atom is 0.258 e. The second kappa shape index (κ2) is 7.18. The lowest BCUT2D eigenvalue weighted by molar-refractivity contribution is -0.115. The molecule has 0 saturated carbocycles. The number of carbonyl (C=O) groups is 1. The van der Waals surface area contributed by atoms with Crippen LogP contribution in [0.3, 0.4) is 0 Å². The van der Waals surface area contributed by atoms with Crippen LogP contribution < -0.4 is 5.32 Å². The Morgan fingerprint density at radius 2 is 2.00 bits per heavy atom. The molecule has 0 atom stereocenters. The van der Waals surface area contributed by atoms with Gasteiger partial charge in [0, 0.05) is 23.4 Å². The summed E-state index contributed by atoms with van der Waals surface area (Å²) >= 11 is 0. The molecule has 0 fully saturated rings. The van der Waals surface area contributed by atoms with E-state index in [2.05, 4.69) is 25.7 Å². The predicted molar refractivity (Wildman–Crippen MR) is 99.1 cm³/mol. The SMILES string of the molecule is CC(C)c1noc(-c2ccn3c(CC(=O)Nc4ccc(F)cc4)nnc3c2)n1. The second-order valence-corrected chi connectivity index (χ2v) is 6.60. The van der Waals surface area contributed by atoms with Crippen LogP contribution in [0.1, 0.15) is 31.4 Å². The largest absolute Gasteiger partial charge is 0.334 e. The first-order chi connectivity index (χ1) is 13.5. The van der Waals surface area contributed by atoms with E-state index >= 15 is 0 Å². The number of anilines is 1. The normalized spacial score (nSPS) is 11.3. The third-order valence-corrected chi connectivity index (χ3v) is 4.13. The molecule has 1 N–H and O–H groups in total. The lowest BCUT2D eigenvalue weighted by Crippen LogP contribution is -2.16. The number of nitrogens with one attached hydrogen (secondary N) is 1. The van der Waals surface area contributed by atoms with Gasteiger partial charge in [-0.05, 0) is 36.4 Å². The quantitative estimate of drug-likeness (QED) is 0.571. The third kappa shape index (κ3) is 3.59. The van der Waals surface area contributed by atoms with Gasteiger partial charge in [-0.2, -0.15) is 4.98 Å². The number of carbonyl (C=O) groups excluding carboxylic acids is 1. The molecule has 142 valence electrons. The molecule has 0 aliphatic heterocycles. The number of benzene rings is 1. The summed E-state index contributed by atoms with van der Waals surface area (Å²) in [4.78, 5) is 16.6.